The lowest BCUT2D eigenvalue weighted by atomic mass is 10.1. The van der Waals surface area contributed by atoms with E-state index in [1.807, 2.05) is 0 Å². The highest BCUT2D eigenvalue weighted by atomic mass is 32.2. The summed E-state index contributed by atoms with van der Waals surface area (Å²) in [6, 6.07) is 2.27. The zero-order chi connectivity index (χ0) is 13.7. The van der Waals surface area contributed by atoms with Crippen molar-refractivity contribution in [2.24, 2.45) is 0 Å². The molecule has 0 aromatic carbocycles. The Morgan fingerprint density at radius 2 is 2.00 bits per heavy atom. The molecule has 0 saturated carbocycles. The summed E-state index contributed by atoms with van der Waals surface area (Å²) in [5.41, 5.74) is 1.23. The van der Waals surface area contributed by atoms with Crippen molar-refractivity contribution >= 4 is 21.4 Å². The number of hydrogen-bond donors (Lipinski definition) is 1. The fraction of sp³-hybridized carbons (Fsp3) is 0.692. The molecule has 6 heteroatoms. The van der Waals surface area contributed by atoms with Crippen LogP contribution in [-0.2, 0) is 10.0 Å². The standard InChI is InChI=1S/C13H22N2O2S2/c1-19(16,17)14-10-13(12-6-9-18-11-12)15-7-4-2-3-5-8-15/h6,9,11,13-14H,2-5,7-8,10H2,1H3. The third-order valence-corrected chi connectivity index (χ3v) is 4.94. The molecule has 1 N–H and O–H groups in total. The molecule has 19 heavy (non-hydrogen) atoms. The average molecular weight is 302 g/mol. The molecule has 1 saturated heterocycles. The van der Waals surface area contributed by atoms with Gasteiger partial charge < -0.3 is 0 Å². The fourth-order valence-corrected chi connectivity index (χ4v) is 3.73. The smallest absolute Gasteiger partial charge is 0.208 e. The second-order valence-electron chi connectivity index (χ2n) is 5.14. The van der Waals surface area contributed by atoms with Gasteiger partial charge >= 0.3 is 0 Å². The van der Waals surface area contributed by atoms with Crippen molar-refractivity contribution in [2.45, 2.75) is 31.7 Å². The van der Waals surface area contributed by atoms with Crippen LogP contribution < -0.4 is 4.72 Å². The van der Waals surface area contributed by atoms with Gasteiger partial charge in [0, 0.05) is 12.6 Å². The van der Waals surface area contributed by atoms with Gasteiger partial charge in [-0.05, 0) is 48.3 Å². The molecule has 1 aromatic heterocycles. The summed E-state index contributed by atoms with van der Waals surface area (Å²) in [7, 11) is -3.13. The molecule has 1 fully saturated rings. The van der Waals surface area contributed by atoms with Gasteiger partial charge in [-0.15, -0.1) is 0 Å². The van der Waals surface area contributed by atoms with E-state index in [4.69, 9.17) is 0 Å². The van der Waals surface area contributed by atoms with Gasteiger partial charge in [-0.25, -0.2) is 13.1 Å². The highest BCUT2D eigenvalue weighted by Crippen LogP contribution is 2.25. The first-order valence-corrected chi connectivity index (χ1v) is 9.60. The largest absolute Gasteiger partial charge is 0.295 e. The average Bonchev–Trinajstić information content (AvgIpc) is 2.72. The molecule has 108 valence electrons. The molecular formula is C13H22N2O2S2. The minimum absolute atomic E-state index is 0.166. The Bertz CT molecular complexity index is 463. The van der Waals surface area contributed by atoms with Crippen molar-refractivity contribution in [1.29, 1.82) is 0 Å². The molecule has 1 aromatic rings. The zero-order valence-electron chi connectivity index (χ0n) is 11.3. The van der Waals surface area contributed by atoms with Crippen LogP contribution in [0.25, 0.3) is 0 Å². The molecule has 0 spiro atoms. The van der Waals surface area contributed by atoms with Gasteiger partial charge in [0.1, 0.15) is 0 Å². The number of thiophene rings is 1. The number of nitrogens with one attached hydrogen (secondary N) is 1. The molecule has 0 radical (unpaired) electrons. The lowest BCUT2D eigenvalue weighted by Gasteiger charge is -2.30. The van der Waals surface area contributed by atoms with E-state index in [1.165, 1.54) is 37.5 Å². The van der Waals surface area contributed by atoms with Crippen LogP contribution in [0.3, 0.4) is 0 Å². The molecule has 1 aliphatic rings. The van der Waals surface area contributed by atoms with Gasteiger partial charge in [0.15, 0.2) is 0 Å². The maximum atomic E-state index is 11.3. The Morgan fingerprint density at radius 1 is 1.32 bits per heavy atom. The van der Waals surface area contributed by atoms with Crippen molar-refractivity contribution in [3.05, 3.63) is 22.4 Å². The minimum Gasteiger partial charge on any atom is -0.295 e. The van der Waals surface area contributed by atoms with E-state index in [1.54, 1.807) is 11.3 Å². The minimum atomic E-state index is -3.13. The second-order valence-corrected chi connectivity index (χ2v) is 7.76. The van der Waals surface area contributed by atoms with Crippen LogP contribution in [0.1, 0.15) is 37.3 Å². The fourth-order valence-electron chi connectivity index (χ4n) is 2.56. The van der Waals surface area contributed by atoms with Crippen LogP contribution in [0.2, 0.25) is 0 Å². The summed E-state index contributed by atoms with van der Waals surface area (Å²) in [4.78, 5) is 2.42. The van der Waals surface area contributed by atoms with E-state index >= 15 is 0 Å². The summed E-state index contributed by atoms with van der Waals surface area (Å²) < 4.78 is 25.3. The van der Waals surface area contributed by atoms with Crippen LogP contribution in [0, 0.1) is 0 Å². The Balaban J connectivity index is 2.09. The van der Waals surface area contributed by atoms with Crippen LogP contribution in [-0.4, -0.2) is 39.2 Å². The number of hydrogen-bond acceptors (Lipinski definition) is 4. The van der Waals surface area contributed by atoms with Crippen LogP contribution in [0.5, 0.6) is 0 Å². The van der Waals surface area contributed by atoms with Crippen molar-refractivity contribution in [1.82, 2.24) is 9.62 Å². The van der Waals surface area contributed by atoms with E-state index in [-0.39, 0.29) is 6.04 Å². The highest BCUT2D eigenvalue weighted by molar-refractivity contribution is 7.88. The monoisotopic (exact) mass is 302 g/mol. The van der Waals surface area contributed by atoms with Crippen LogP contribution >= 0.6 is 11.3 Å². The van der Waals surface area contributed by atoms with Crippen molar-refractivity contribution in [2.75, 3.05) is 25.9 Å². The first kappa shape index (κ1) is 15.0. The summed E-state index contributed by atoms with van der Waals surface area (Å²) in [5.74, 6) is 0. The van der Waals surface area contributed by atoms with Gasteiger partial charge in [0.05, 0.1) is 6.26 Å². The summed E-state index contributed by atoms with van der Waals surface area (Å²) in [5, 5.41) is 4.18. The topological polar surface area (TPSA) is 49.4 Å². The SMILES string of the molecule is CS(=O)(=O)NCC(c1ccsc1)N1CCCCCC1. The van der Waals surface area contributed by atoms with E-state index in [9.17, 15) is 8.42 Å². The first-order valence-electron chi connectivity index (χ1n) is 6.77. The molecular weight excluding hydrogens is 280 g/mol. The summed E-state index contributed by atoms with van der Waals surface area (Å²) in [6.45, 7) is 2.59. The first-order chi connectivity index (χ1) is 9.06. The molecule has 0 amide bonds. The number of likely N-dealkylation sites (tertiary alicyclic amines) is 1. The molecule has 0 aliphatic carbocycles. The molecule has 2 rings (SSSR count). The molecule has 1 unspecified atom stereocenters. The number of rotatable bonds is 5. The Hall–Kier alpha value is -0.430. The van der Waals surface area contributed by atoms with Gasteiger partial charge in [0.25, 0.3) is 0 Å². The maximum absolute atomic E-state index is 11.3. The van der Waals surface area contributed by atoms with Gasteiger partial charge in [-0.2, -0.15) is 11.3 Å². The second kappa shape index (κ2) is 6.83. The maximum Gasteiger partial charge on any atom is 0.208 e. The van der Waals surface area contributed by atoms with E-state index in [0.29, 0.717) is 6.54 Å². The quantitative estimate of drug-likeness (QED) is 0.907. The van der Waals surface area contributed by atoms with Crippen molar-refractivity contribution in [3.63, 3.8) is 0 Å². The van der Waals surface area contributed by atoms with E-state index < -0.39 is 10.0 Å². The predicted octanol–water partition coefficient (Wildman–Crippen LogP) is 2.21. The molecule has 1 aliphatic heterocycles. The van der Waals surface area contributed by atoms with Gasteiger partial charge in [-0.1, -0.05) is 12.8 Å². The molecule has 1 atom stereocenters. The summed E-state index contributed by atoms with van der Waals surface area (Å²) >= 11 is 1.67. The highest BCUT2D eigenvalue weighted by Gasteiger charge is 2.22. The lowest BCUT2D eigenvalue weighted by molar-refractivity contribution is 0.206. The zero-order valence-corrected chi connectivity index (χ0v) is 13.0. The normalized spacial score (nSPS) is 20.1. The molecule has 2 heterocycles. The number of sulfonamides is 1. The van der Waals surface area contributed by atoms with Crippen molar-refractivity contribution < 1.29 is 8.42 Å². The Labute approximate surface area is 119 Å². The van der Waals surface area contributed by atoms with Gasteiger partial charge in [-0.3, -0.25) is 4.90 Å². The Morgan fingerprint density at radius 3 is 2.53 bits per heavy atom. The number of nitrogens with zero attached hydrogens (tertiary/aromatic N) is 1. The lowest BCUT2D eigenvalue weighted by Crippen LogP contribution is -2.38. The Kier molecular flexibility index (Phi) is 5.38. The van der Waals surface area contributed by atoms with Crippen LogP contribution in [0.4, 0.5) is 0 Å². The predicted molar refractivity (Wildman–Crippen MR) is 79.9 cm³/mol. The van der Waals surface area contributed by atoms with Crippen molar-refractivity contribution in [3.8, 4) is 0 Å². The van der Waals surface area contributed by atoms with Crippen LogP contribution in [0.15, 0.2) is 16.8 Å². The molecule has 0 bridgehead atoms. The van der Waals surface area contributed by atoms with E-state index in [0.717, 1.165) is 13.1 Å². The summed E-state index contributed by atoms with van der Waals surface area (Å²) in [6.07, 6.45) is 6.21. The van der Waals surface area contributed by atoms with Gasteiger partial charge in [0.2, 0.25) is 10.0 Å². The van der Waals surface area contributed by atoms with E-state index in [2.05, 4.69) is 26.4 Å². The third-order valence-electron chi connectivity index (χ3n) is 3.55. The molecule has 4 nitrogen and oxygen atoms in total. The third kappa shape index (κ3) is 4.87.